The van der Waals surface area contributed by atoms with Crippen LogP contribution < -0.4 is 20.7 Å². The summed E-state index contributed by atoms with van der Waals surface area (Å²) in [6.45, 7) is 0.591. The van der Waals surface area contributed by atoms with Gasteiger partial charge in [0.05, 0.1) is 19.1 Å². The molecule has 0 bridgehead atoms. The van der Waals surface area contributed by atoms with E-state index in [0.29, 0.717) is 17.4 Å². The molecule has 3 aromatic rings. The minimum Gasteiger partial charge on any atom is -0.515 e. The molecule has 0 saturated heterocycles. The standard InChI is InChI=1S/C28H26F4N4O5/c1-27(41-34)14-40-25-20(27)10-22(36-24(25)15-3-6-18(29)7-4-15)21(28(30,31)32)12-35-26(38)16-5-8-19(17(11-33)13-37)23(9-16)39-2/h3-11,13,21,33,37H,12,14,34H2,1-2H3,(H,35,38)/b17-13+,33-11?/t21?,27-/m0/s1. The lowest BCUT2D eigenvalue weighted by atomic mass is 9.92. The van der Waals surface area contributed by atoms with Crippen LogP contribution in [0.2, 0.25) is 0 Å². The quantitative estimate of drug-likeness (QED) is 0.122. The lowest BCUT2D eigenvalue weighted by Gasteiger charge is -2.24. The second-order valence-corrected chi connectivity index (χ2v) is 9.36. The Morgan fingerprint density at radius 3 is 2.56 bits per heavy atom. The molecule has 13 heteroatoms. The van der Waals surface area contributed by atoms with Crippen LogP contribution in [0, 0.1) is 11.2 Å². The van der Waals surface area contributed by atoms with E-state index in [2.05, 4.69) is 10.3 Å². The Kier molecular flexibility index (Phi) is 8.31. The van der Waals surface area contributed by atoms with Crippen LogP contribution in [0.4, 0.5) is 17.6 Å². The number of aliphatic hydroxyl groups is 1. The number of nitrogens with zero attached hydrogens (tertiary/aromatic N) is 1. The van der Waals surface area contributed by atoms with Gasteiger partial charge in [-0.05, 0) is 55.5 Å². The summed E-state index contributed by atoms with van der Waals surface area (Å²) in [5.74, 6) is 2.13. The van der Waals surface area contributed by atoms with Gasteiger partial charge < -0.3 is 25.3 Å². The fourth-order valence-electron chi connectivity index (χ4n) is 4.40. The summed E-state index contributed by atoms with van der Waals surface area (Å²) in [6.07, 6.45) is -3.27. The average molecular weight is 575 g/mol. The number of hydrogen-bond donors (Lipinski definition) is 4. The van der Waals surface area contributed by atoms with E-state index in [-0.39, 0.29) is 40.5 Å². The molecule has 0 fully saturated rings. The number of methoxy groups -OCH3 is 1. The summed E-state index contributed by atoms with van der Waals surface area (Å²) in [5, 5.41) is 19.0. The zero-order chi connectivity index (χ0) is 29.9. The molecule has 1 aliphatic rings. The van der Waals surface area contributed by atoms with E-state index in [0.717, 1.165) is 18.3 Å². The third-order valence-corrected chi connectivity index (χ3v) is 6.72. The van der Waals surface area contributed by atoms with Crippen LogP contribution in [0.25, 0.3) is 16.8 Å². The van der Waals surface area contributed by atoms with E-state index in [1.807, 2.05) is 0 Å². The van der Waals surface area contributed by atoms with Crippen molar-refractivity contribution in [2.24, 2.45) is 5.90 Å². The number of carbonyl (C=O) groups excluding carboxylic acids is 1. The van der Waals surface area contributed by atoms with Gasteiger partial charge in [0.2, 0.25) is 0 Å². The minimum absolute atomic E-state index is 0.0137. The molecule has 0 radical (unpaired) electrons. The van der Waals surface area contributed by atoms with Gasteiger partial charge in [0.1, 0.15) is 35.4 Å². The third-order valence-electron chi connectivity index (χ3n) is 6.72. The predicted octanol–water partition coefficient (Wildman–Crippen LogP) is 5.02. The molecule has 2 aromatic carbocycles. The van der Waals surface area contributed by atoms with Gasteiger partial charge in [-0.25, -0.2) is 15.3 Å². The molecule has 216 valence electrons. The molecule has 1 unspecified atom stereocenters. The maximum atomic E-state index is 14.4. The number of alkyl halides is 3. The van der Waals surface area contributed by atoms with Gasteiger partial charge in [-0.15, -0.1) is 0 Å². The van der Waals surface area contributed by atoms with Crippen molar-refractivity contribution in [3.8, 4) is 22.8 Å². The molecule has 9 nitrogen and oxygen atoms in total. The molecule has 1 aromatic heterocycles. The van der Waals surface area contributed by atoms with Crippen LogP contribution >= 0.6 is 0 Å². The summed E-state index contributed by atoms with van der Waals surface area (Å²) in [6, 6.07) is 10.2. The number of pyridine rings is 1. The van der Waals surface area contributed by atoms with Crippen molar-refractivity contribution >= 4 is 17.7 Å². The number of allylic oxidation sites excluding steroid dienone is 1. The van der Waals surface area contributed by atoms with Crippen molar-refractivity contribution in [1.29, 1.82) is 5.41 Å². The Bertz CT molecular complexity index is 1490. The van der Waals surface area contributed by atoms with Gasteiger partial charge in [0.25, 0.3) is 5.91 Å². The Labute approximate surface area is 232 Å². The van der Waals surface area contributed by atoms with Crippen molar-refractivity contribution in [2.45, 2.75) is 24.6 Å². The molecule has 1 amide bonds. The van der Waals surface area contributed by atoms with Crippen LogP contribution in [0.15, 0.2) is 54.8 Å². The van der Waals surface area contributed by atoms with Gasteiger partial charge in [-0.3, -0.25) is 9.63 Å². The maximum absolute atomic E-state index is 14.4. The highest BCUT2D eigenvalue weighted by Crippen LogP contribution is 2.46. The average Bonchev–Trinajstić information content (AvgIpc) is 3.30. The number of nitrogens with one attached hydrogen (secondary N) is 2. The number of fused-ring (bicyclic) bond motifs is 1. The van der Waals surface area contributed by atoms with Crippen LogP contribution in [0.5, 0.6) is 11.5 Å². The van der Waals surface area contributed by atoms with Crippen molar-refractivity contribution in [1.82, 2.24) is 10.3 Å². The van der Waals surface area contributed by atoms with E-state index in [1.165, 1.54) is 43.5 Å². The van der Waals surface area contributed by atoms with Gasteiger partial charge in [0.15, 0.2) is 5.75 Å². The summed E-state index contributed by atoms with van der Waals surface area (Å²) in [5.41, 5.74) is -0.744. The number of carbonyl (C=O) groups is 1. The number of nitrogens with two attached hydrogens (primary N) is 1. The molecular formula is C28H26F4N4O5. The normalized spacial score (nSPS) is 17.4. The first-order chi connectivity index (χ1) is 19.4. The third kappa shape index (κ3) is 5.86. The highest BCUT2D eigenvalue weighted by Gasteiger charge is 2.45. The lowest BCUT2D eigenvalue weighted by Crippen LogP contribution is -2.36. The Morgan fingerprint density at radius 1 is 1.27 bits per heavy atom. The first-order valence-corrected chi connectivity index (χ1v) is 12.2. The lowest BCUT2D eigenvalue weighted by molar-refractivity contribution is -0.149. The zero-order valence-corrected chi connectivity index (χ0v) is 21.9. The number of aromatic nitrogens is 1. The molecular weight excluding hydrogens is 548 g/mol. The number of rotatable bonds is 9. The highest BCUT2D eigenvalue weighted by molar-refractivity contribution is 6.09. The second-order valence-electron chi connectivity index (χ2n) is 9.36. The predicted molar refractivity (Wildman–Crippen MR) is 141 cm³/mol. The van der Waals surface area contributed by atoms with Crippen molar-refractivity contribution in [3.63, 3.8) is 0 Å². The number of amides is 1. The number of aliphatic hydroxyl groups excluding tert-OH is 1. The number of halogens is 4. The van der Waals surface area contributed by atoms with Crippen LogP contribution in [-0.2, 0) is 10.4 Å². The molecule has 2 heterocycles. The number of ether oxygens (including phenoxy) is 2. The molecule has 5 N–H and O–H groups in total. The first-order valence-electron chi connectivity index (χ1n) is 12.2. The molecule has 0 saturated carbocycles. The molecule has 0 aliphatic carbocycles. The summed E-state index contributed by atoms with van der Waals surface area (Å²) in [7, 11) is 1.31. The molecule has 2 atom stereocenters. The first kappa shape index (κ1) is 29.5. The molecule has 1 aliphatic heterocycles. The largest absolute Gasteiger partial charge is 0.515 e. The summed E-state index contributed by atoms with van der Waals surface area (Å²) >= 11 is 0. The minimum atomic E-state index is -4.83. The van der Waals surface area contributed by atoms with Crippen LogP contribution in [0.1, 0.15) is 40.0 Å². The van der Waals surface area contributed by atoms with E-state index in [4.69, 9.17) is 25.6 Å². The van der Waals surface area contributed by atoms with Gasteiger partial charge in [-0.2, -0.15) is 13.2 Å². The smallest absolute Gasteiger partial charge is 0.398 e. The van der Waals surface area contributed by atoms with Gasteiger partial charge in [-0.1, -0.05) is 0 Å². The molecule has 0 spiro atoms. The topological polar surface area (TPSA) is 140 Å². The second kappa shape index (κ2) is 11.6. The van der Waals surface area contributed by atoms with Gasteiger partial charge >= 0.3 is 6.18 Å². The van der Waals surface area contributed by atoms with Crippen molar-refractivity contribution in [2.75, 3.05) is 20.3 Å². The SMILES string of the molecule is COc1cc(C(=O)NCC(c2cc3c(c(-c4ccc(F)cc4)n2)OC[C@]3(C)ON)C(F)(F)F)ccc1/C(C=N)=C/O. The van der Waals surface area contributed by atoms with Crippen molar-refractivity contribution < 1.29 is 41.8 Å². The van der Waals surface area contributed by atoms with E-state index in [1.54, 1.807) is 6.92 Å². The summed E-state index contributed by atoms with van der Waals surface area (Å²) in [4.78, 5) is 22.2. The van der Waals surface area contributed by atoms with Crippen LogP contribution in [-0.4, -0.2) is 48.7 Å². The fraction of sp³-hybridized carbons (Fsp3) is 0.250. The molecule has 4 rings (SSSR count). The maximum Gasteiger partial charge on any atom is 0.398 e. The Balaban J connectivity index is 1.71. The number of hydrogen-bond acceptors (Lipinski definition) is 8. The fourth-order valence-corrected chi connectivity index (χ4v) is 4.40. The van der Waals surface area contributed by atoms with Gasteiger partial charge in [0, 0.05) is 40.6 Å². The Morgan fingerprint density at radius 2 is 1.98 bits per heavy atom. The van der Waals surface area contributed by atoms with E-state index >= 15 is 0 Å². The molecule has 41 heavy (non-hydrogen) atoms. The highest BCUT2D eigenvalue weighted by atomic mass is 19.4. The zero-order valence-electron chi connectivity index (χ0n) is 21.9. The van der Waals surface area contributed by atoms with E-state index < -0.39 is 41.7 Å². The summed E-state index contributed by atoms with van der Waals surface area (Å²) < 4.78 is 67.7. The monoisotopic (exact) mass is 574 g/mol. The Hall–Kier alpha value is -4.49. The van der Waals surface area contributed by atoms with E-state index in [9.17, 15) is 27.5 Å². The number of benzene rings is 2. The van der Waals surface area contributed by atoms with Crippen LogP contribution in [0.3, 0.4) is 0 Å². The van der Waals surface area contributed by atoms with Crippen molar-refractivity contribution in [3.05, 3.63) is 83.0 Å².